The lowest BCUT2D eigenvalue weighted by molar-refractivity contribution is 0.0659. The van der Waals surface area contributed by atoms with Crippen LogP contribution in [-0.2, 0) is 6.54 Å². The molecule has 0 spiro atoms. The van der Waals surface area contributed by atoms with Gasteiger partial charge in [-0.2, -0.15) is 0 Å². The van der Waals surface area contributed by atoms with Crippen LogP contribution >= 0.6 is 11.6 Å². The first kappa shape index (κ1) is 12.8. The second-order valence-corrected chi connectivity index (χ2v) is 5.05. The standard InChI is InChI=1S/C15H12ClNO3/c1-9-7-10(20-14(9)15(18)19)8-17-6-5-11-12(16)3-2-4-13(11)17/h2-7H,8H2,1H3,(H,18,19). The minimum Gasteiger partial charge on any atom is -0.475 e. The number of hydrogen-bond donors (Lipinski definition) is 1. The minimum absolute atomic E-state index is 0.00510. The highest BCUT2D eigenvalue weighted by atomic mass is 35.5. The first-order valence-electron chi connectivity index (χ1n) is 6.12. The third-order valence-electron chi connectivity index (χ3n) is 3.25. The van der Waals surface area contributed by atoms with Crippen LogP contribution in [0.3, 0.4) is 0 Å². The summed E-state index contributed by atoms with van der Waals surface area (Å²) in [5.74, 6) is -0.443. The summed E-state index contributed by atoms with van der Waals surface area (Å²) in [7, 11) is 0. The van der Waals surface area contributed by atoms with Crippen LogP contribution in [0.1, 0.15) is 21.9 Å². The smallest absolute Gasteiger partial charge is 0.372 e. The van der Waals surface area contributed by atoms with Gasteiger partial charge in [0.1, 0.15) is 5.76 Å². The largest absolute Gasteiger partial charge is 0.475 e. The molecular formula is C15H12ClNO3. The van der Waals surface area contributed by atoms with Crippen molar-refractivity contribution in [2.45, 2.75) is 13.5 Å². The zero-order valence-corrected chi connectivity index (χ0v) is 11.5. The van der Waals surface area contributed by atoms with E-state index in [1.807, 2.05) is 35.0 Å². The first-order chi connectivity index (χ1) is 9.56. The number of aryl methyl sites for hydroxylation is 1. The Morgan fingerprint density at radius 3 is 2.90 bits per heavy atom. The van der Waals surface area contributed by atoms with Crippen molar-refractivity contribution in [1.82, 2.24) is 4.57 Å². The average Bonchev–Trinajstić information content (AvgIpc) is 2.95. The Kier molecular flexibility index (Phi) is 3.03. The molecule has 20 heavy (non-hydrogen) atoms. The fourth-order valence-electron chi connectivity index (χ4n) is 2.33. The van der Waals surface area contributed by atoms with Gasteiger partial charge in [-0.1, -0.05) is 17.7 Å². The van der Waals surface area contributed by atoms with Gasteiger partial charge in [-0.3, -0.25) is 0 Å². The summed E-state index contributed by atoms with van der Waals surface area (Å²) in [4.78, 5) is 11.0. The highest BCUT2D eigenvalue weighted by Crippen LogP contribution is 2.25. The number of nitrogens with zero attached hydrogens (tertiary/aromatic N) is 1. The van der Waals surface area contributed by atoms with E-state index in [4.69, 9.17) is 21.1 Å². The summed E-state index contributed by atoms with van der Waals surface area (Å²) in [6.07, 6.45) is 1.91. The number of carbonyl (C=O) groups is 1. The Hall–Kier alpha value is -2.20. The van der Waals surface area contributed by atoms with Gasteiger partial charge in [0.2, 0.25) is 5.76 Å². The molecule has 2 heterocycles. The fourth-order valence-corrected chi connectivity index (χ4v) is 2.56. The Bertz CT molecular complexity index is 801. The average molecular weight is 290 g/mol. The zero-order valence-electron chi connectivity index (χ0n) is 10.8. The molecule has 0 saturated carbocycles. The summed E-state index contributed by atoms with van der Waals surface area (Å²) < 4.78 is 7.35. The van der Waals surface area contributed by atoms with Crippen LogP contribution in [0.25, 0.3) is 10.9 Å². The third-order valence-corrected chi connectivity index (χ3v) is 3.58. The lowest BCUT2D eigenvalue weighted by Crippen LogP contribution is -1.97. The van der Waals surface area contributed by atoms with E-state index in [9.17, 15) is 4.79 Å². The van der Waals surface area contributed by atoms with Crippen molar-refractivity contribution in [2.75, 3.05) is 0 Å². The molecule has 0 fully saturated rings. The van der Waals surface area contributed by atoms with E-state index in [0.717, 1.165) is 10.9 Å². The summed E-state index contributed by atoms with van der Waals surface area (Å²) in [6, 6.07) is 9.38. The molecular weight excluding hydrogens is 278 g/mol. The molecule has 0 amide bonds. The lowest BCUT2D eigenvalue weighted by Gasteiger charge is -2.03. The summed E-state index contributed by atoms with van der Waals surface area (Å²) in [5.41, 5.74) is 1.62. The van der Waals surface area contributed by atoms with Crippen LogP contribution in [0.4, 0.5) is 0 Å². The number of furan rings is 1. The molecule has 1 aromatic carbocycles. The van der Waals surface area contributed by atoms with E-state index in [1.165, 1.54) is 0 Å². The van der Waals surface area contributed by atoms with Gasteiger partial charge in [0.25, 0.3) is 0 Å². The van der Waals surface area contributed by atoms with E-state index in [-0.39, 0.29) is 5.76 Å². The summed E-state index contributed by atoms with van der Waals surface area (Å²) >= 11 is 6.13. The number of aromatic nitrogens is 1. The minimum atomic E-state index is -1.05. The molecule has 1 N–H and O–H groups in total. The highest BCUT2D eigenvalue weighted by molar-refractivity contribution is 6.35. The predicted octanol–water partition coefficient (Wildman–Crippen LogP) is 3.94. The molecule has 0 saturated heterocycles. The first-order valence-corrected chi connectivity index (χ1v) is 6.50. The zero-order chi connectivity index (χ0) is 14.3. The molecule has 3 rings (SSSR count). The molecule has 4 nitrogen and oxygen atoms in total. The van der Waals surface area contributed by atoms with Gasteiger partial charge in [0.15, 0.2) is 0 Å². The number of aromatic carboxylic acids is 1. The van der Waals surface area contributed by atoms with Crippen LogP contribution < -0.4 is 0 Å². The van der Waals surface area contributed by atoms with E-state index >= 15 is 0 Å². The summed E-state index contributed by atoms with van der Waals surface area (Å²) in [6.45, 7) is 2.19. The number of rotatable bonds is 3. The number of carboxylic acids is 1. The molecule has 0 bridgehead atoms. The van der Waals surface area contributed by atoms with E-state index < -0.39 is 5.97 Å². The van der Waals surface area contributed by atoms with Gasteiger partial charge < -0.3 is 14.1 Å². The maximum absolute atomic E-state index is 11.0. The number of hydrogen-bond acceptors (Lipinski definition) is 2. The Morgan fingerprint density at radius 2 is 2.20 bits per heavy atom. The highest BCUT2D eigenvalue weighted by Gasteiger charge is 2.15. The molecule has 0 aliphatic rings. The summed E-state index contributed by atoms with van der Waals surface area (Å²) in [5, 5.41) is 10.7. The molecule has 0 atom stereocenters. The second kappa shape index (κ2) is 4.72. The van der Waals surface area contributed by atoms with Gasteiger partial charge in [-0.15, -0.1) is 0 Å². The normalized spacial score (nSPS) is 11.1. The van der Waals surface area contributed by atoms with E-state index in [0.29, 0.717) is 22.9 Å². The monoisotopic (exact) mass is 289 g/mol. The molecule has 3 aromatic rings. The van der Waals surface area contributed by atoms with Crippen LogP contribution in [-0.4, -0.2) is 15.6 Å². The van der Waals surface area contributed by atoms with Gasteiger partial charge in [0.05, 0.1) is 6.54 Å². The number of fused-ring (bicyclic) bond motifs is 1. The van der Waals surface area contributed by atoms with E-state index in [2.05, 4.69) is 0 Å². The number of carboxylic acid groups (broad SMARTS) is 1. The van der Waals surface area contributed by atoms with Gasteiger partial charge in [-0.25, -0.2) is 4.79 Å². The molecule has 102 valence electrons. The van der Waals surface area contributed by atoms with Crippen molar-refractivity contribution in [3.63, 3.8) is 0 Å². The molecule has 0 unspecified atom stereocenters. The van der Waals surface area contributed by atoms with Crippen LogP contribution in [0, 0.1) is 6.92 Å². The molecule has 0 aliphatic heterocycles. The van der Waals surface area contributed by atoms with Crippen LogP contribution in [0.2, 0.25) is 5.02 Å². The quantitative estimate of drug-likeness (QED) is 0.794. The molecule has 0 aliphatic carbocycles. The van der Waals surface area contributed by atoms with Crippen LogP contribution in [0.5, 0.6) is 0 Å². The Morgan fingerprint density at radius 1 is 1.40 bits per heavy atom. The molecule has 0 radical (unpaired) electrons. The molecule has 2 aromatic heterocycles. The van der Waals surface area contributed by atoms with Crippen molar-refractivity contribution in [1.29, 1.82) is 0 Å². The predicted molar refractivity (Wildman–Crippen MR) is 76.5 cm³/mol. The van der Waals surface area contributed by atoms with Crippen molar-refractivity contribution in [3.05, 3.63) is 58.6 Å². The Labute approximate surface area is 120 Å². The number of halogens is 1. The SMILES string of the molecule is Cc1cc(Cn2ccc3c(Cl)cccc32)oc1C(=O)O. The van der Waals surface area contributed by atoms with Gasteiger partial charge in [0, 0.05) is 27.7 Å². The van der Waals surface area contributed by atoms with Gasteiger partial charge in [-0.05, 0) is 31.2 Å². The second-order valence-electron chi connectivity index (χ2n) is 4.65. The number of benzene rings is 1. The van der Waals surface area contributed by atoms with Crippen molar-refractivity contribution in [3.8, 4) is 0 Å². The topological polar surface area (TPSA) is 55.4 Å². The van der Waals surface area contributed by atoms with Crippen LogP contribution in [0.15, 0.2) is 40.9 Å². The maximum atomic E-state index is 11.0. The Balaban J connectivity index is 1.99. The van der Waals surface area contributed by atoms with E-state index in [1.54, 1.807) is 13.0 Å². The maximum Gasteiger partial charge on any atom is 0.372 e. The third kappa shape index (κ3) is 2.08. The lowest BCUT2D eigenvalue weighted by atomic mass is 10.2. The molecule has 5 heteroatoms. The van der Waals surface area contributed by atoms with Gasteiger partial charge >= 0.3 is 5.97 Å². The fraction of sp³-hybridized carbons (Fsp3) is 0.133. The van der Waals surface area contributed by atoms with Crippen molar-refractivity contribution < 1.29 is 14.3 Å². The van der Waals surface area contributed by atoms with Crippen molar-refractivity contribution >= 4 is 28.5 Å². The van der Waals surface area contributed by atoms with Crippen molar-refractivity contribution in [2.24, 2.45) is 0 Å².